The highest BCUT2D eigenvalue weighted by molar-refractivity contribution is 5.93. The van der Waals surface area contributed by atoms with Crippen LogP contribution in [-0.2, 0) is 7.05 Å². The monoisotopic (exact) mass is 384 g/mol. The van der Waals surface area contributed by atoms with Crippen LogP contribution in [0.15, 0.2) is 34.9 Å². The van der Waals surface area contributed by atoms with Gasteiger partial charge in [0.05, 0.1) is 12.3 Å². The molecule has 0 fully saturated rings. The number of aliphatic hydroxyl groups excluding tert-OH is 1. The number of aliphatic hydroxyl groups is 1. The van der Waals surface area contributed by atoms with E-state index in [-0.39, 0.29) is 24.4 Å². The Morgan fingerprint density at radius 2 is 2.07 bits per heavy atom. The molecule has 0 aliphatic heterocycles. The molecule has 0 aliphatic rings. The summed E-state index contributed by atoms with van der Waals surface area (Å²) in [5.41, 5.74) is 3.03. The van der Waals surface area contributed by atoms with Gasteiger partial charge in [-0.2, -0.15) is 5.10 Å². The molecule has 0 bridgehead atoms. The maximum Gasteiger partial charge on any atom is 0.269 e. The van der Waals surface area contributed by atoms with Crippen LogP contribution >= 0.6 is 0 Å². The molecule has 146 valence electrons. The molecule has 7 nitrogen and oxygen atoms in total. The fraction of sp³-hybridized carbons (Fsp3) is 0.250. The van der Waals surface area contributed by atoms with E-state index >= 15 is 0 Å². The Balaban J connectivity index is 1.85. The molecule has 0 saturated carbocycles. The predicted molar refractivity (Wildman–Crippen MR) is 103 cm³/mol. The van der Waals surface area contributed by atoms with Crippen LogP contribution in [0, 0.1) is 12.7 Å². The highest BCUT2D eigenvalue weighted by Crippen LogP contribution is 2.27. The summed E-state index contributed by atoms with van der Waals surface area (Å²) in [4.78, 5) is 12.2. The maximum absolute atomic E-state index is 13.2. The van der Waals surface area contributed by atoms with Gasteiger partial charge < -0.3 is 14.9 Å². The first-order valence-electron chi connectivity index (χ1n) is 8.75. The topological polar surface area (TPSA) is 93.2 Å². The largest absolute Gasteiger partial charge is 0.394 e. The van der Waals surface area contributed by atoms with Crippen molar-refractivity contribution in [1.82, 2.24) is 20.3 Å². The molecule has 3 rings (SSSR count). The standard InChI is InChI=1S/C20H21FN4O3/c1-12(11-26)22-20(27)18-10-16(23-25(18)3)8-9-17-13(2)28-24-19(17)14-4-6-15(21)7-5-14/h4-10,12,26H,11H2,1-3H3,(H,22,27). The lowest BCUT2D eigenvalue weighted by Crippen LogP contribution is -2.36. The minimum atomic E-state index is -0.348. The van der Waals surface area contributed by atoms with E-state index in [1.807, 2.05) is 0 Å². The van der Waals surface area contributed by atoms with Crippen molar-refractivity contribution in [2.24, 2.45) is 7.05 Å². The Bertz CT molecular complexity index is 1010. The molecule has 2 N–H and O–H groups in total. The quantitative estimate of drug-likeness (QED) is 0.682. The number of aryl methyl sites for hydroxylation is 2. The van der Waals surface area contributed by atoms with Gasteiger partial charge in [-0.15, -0.1) is 0 Å². The van der Waals surface area contributed by atoms with Crippen LogP contribution in [0.25, 0.3) is 23.4 Å². The van der Waals surface area contributed by atoms with E-state index in [0.29, 0.717) is 22.8 Å². The Labute approximate surface area is 161 Å². The molecule has 8 heteroatoms. The second-order valence-corrected chi connectivity index (χ2v) is 6.48. The smallest absolute Gasteiger partial charge is 0.269 e. The van der Waals surface area contributed by atoms with Crippen molar-refractivity contribution < 1.29 is 18.8 Å². The lowest BCUT2D eigenvalue weighted by molar-refractivity contribution is 0.0912. The van der Waals surface area contributed by atoms with Gasteiger partial charge in [0, 0.05) is 24.2 Å². The predicted octanol–water partition coefficient (Wildman–Crippen LogP) is 2.80. The van der Waals surface area contributed by atoms with Gasteiger partial charge in [0.15, 0.2) is 0 Å². The minimum absolute atomic E-state index is 0.144. The summed E-state index contributed by atoms with van der Waals surface area (Å²) in [6.07, 6.45) is 3.55. The molecule has 1 atom stereocenters. The molecule has 0 spiro atoms. The van der Waals surface area contributed by atoms with E-state index in [0.717, 1.165) is 11.1 Å². The zero-order valence-corrected chi connectivity index (χ0v) is 15.8. The van der Waals surface area contributed by atoms with Gasteiger partial charge in [0.2, 0.25) is 0 Å². The first-order valence-corrected chi connectivity index (χ1v) is 8.75. The van der Waals surface area contributed by atoms with Gasteiger partial charge in [-0.3, -0.25) is 9.48 Å². The Morgan fingerprint density at radius 3 is 2.75 bits per heavy atom. The molecule has 1 aromatic carbocycles. The second kappa shape index (κ2) is 8.18. The van der Waals surface area contributed by atoms with Crippen molar-refractivity contribution >= 4 is 18.1 Å². The van der Waals surface area contributed by atoms with Crippen molar-refractivity contribution in [2.75, 3.05) is 6.61 Å². The van der Waals surface area contributed by atoms with Crippen molar-refractivity contribution in [3.05, 3.63) is 58.9 Å². The zero-order chi connectivity index (χ0) is 20.3. The number of carbonyl (C=O) groups is 1. The molecular formula is C20H21FN4O3. The molecule has 1 unspecified atom stereocenters. The van der Waals surface area contributed by atoms with Gasteiger partial charge in [-0.25, -0.2) is 4.39 Å². The third kappa shape index (κ3) is 4.17. The fourth-order valence-electron chi connectivity index (χ4n) is 2.69. The highest BCUT2D eigenvalue weighted by atomic mass is 19.1. The number of aromatic nitrogens is 3. The molecule has 1 amide bonds. The third-order valence-corrected chi connectivity index (χ3v) is 4.23. The highest BCUT2D eigenvalue weighted by Gasteiger charge is 2.15. The molecule has 0 aliphatic carbocycles. The summed E-state index contributed by atoms with van der Waals surface area (Å²) in [7, 11) is 1.67. The third-order valence-electron chi connectivity index (χ3n) is 4.23. The van der Waals surface area contributed by atoms with Gasteiger partial charge in [0.25, 0.3) is 5.91 Å². The van der Waals surface area contributed by atoms with Crippen LogP contribution in [0.4, 0.5) is 4.39 Å². The van der Waals surface area contributed by atoms with Crippen molar-refractivity contribution in [3.63, 3.8) is 0 Å². The van der Waals surface area contributed by atoms with E-state index in [9.17, 15) is 9.18 Å². The first kappa shape index (κ1) is 19.5. The molecule has 2 aromatic heterocycles. The number of rotatable bonds is 6. The summed E-state index contributed by atoms with van der Waals surface area (Å²) in [6, 6.07) is 7.30. The molecule has 2 heterocycles. The van der Waals surface area contributed by atoms with Crippen LogP contribution in [0.1, 0.15) is 34.4 Å². The van der Waals surface area contributed by atoms with Gasteiger partial charge in [0.1, 0.15) is 23.0 Å². The average molecular weight is 384 g/mol. The molecule has 0 saturated heterocycles. The van der Waals surface area contributed by atoms with E-state index in [2.05, 4.69) is 15.6 Å². The van der Waals surface area contributed by atoms with Crippen LogP contribution < -0.4 is 5.32 Å². The van der Waals surface area contributed by atoms with Crippen molar-refractivity contribution in [1.29, 1.82) is 0 Å². The number of amides is 1. The van der Waals surface area contributed by atoms with Crippen LogP contribution in [0.2, 0.25) is 0 Å². The van der Waals surface area contributed by atoms with Gasteiger partial charge in [-0.05, 0) is 56.3 Å². The SMILES string of the molecule is Cc1onc(-c2ccc(F)cc2)c1C=Cc1cc(C(=O)NC(C)CO)n(C)n1. The summed E-state index contributed by atoms with van der Waals surface area (Å²) in [5.74, 6) is -0.0264. The van der Waals surface area contributed by atoms with Crippen LogP contribution in [-0.4, -0.2) is 38.6 Å². The summed E-state index contributed by atoms with van der Waals surface area (Å²) < 4.78 is 19.9. The number of hydrogen-bond donors (Lipinski definition) is 2. The molecule has 0 radical (unpaired) electrons. The first-order chi connectivity index (χ1) is 13.4. The Hall–Kier alpha value is -3.26. The number of carbonyl (C=O) groups excluding carboxylic acids is 1. The van der Waals surface area contributed by atoms with Gasteiger partial charge >= 0.3 is 0 Å². The summed E-state index contributed by atoms with van der Waals surface area (Å²) in [5, 5.41) is 20.1. The lowest BCUT2D eigenvalue weighted by atomic mass is 10.1. The molecule has 3 aromatic rings. The molecule has 28 heavy (non-hydrogen) atoms. The number of nitrogens with one attached hydrogen (secondary N) is 1. The Morgan fingerprint density at radius 1 is 1.36 bits per heavy atom. The molecular weight excluding hydrogens is 363 g/mol. The van der Waals surface area contributed by atoms with E-state index < -0.39 is 0 Å². The average Bonchev–Trinajstić information content (AvgIpc) is 3.23. The van der Waals surface area contributed by atoms with E-state index in [1.54, 1.807) is 51.2 Å². The van der Waals surface area contributed by atoms with Crippen LogP contribution in [0.3, 0.4) is 0 Å². The normalized spacial score (nSPS) is 12.5. The number of halogens is 1. The summed E-state index contributed by atoms with van der Waals surface area (Å²) in [6.45, 7) is 3.35. The zero-order valence-electron chi connectivity index (χ0n) is 15.8. The number of hydrogen-bond acceptors (Lipinski definition) is 5. The number of benzene rings is 1. The number of nitrogens with zero attached hydrogens (tertiary/aromatic N) is 3. The van der Waals surface area contributed by atoms with E-state index in [1.165, 1.54) is 16.8 Å². The van der Waals surface area contributed by atoms with Crippen molar-refractivity contribution in [3.8, 4) is 11.3 Å². The summed E-state index contributed by atoms with van der Waals surface area (Å²) >= 11 is 0. The maximum atomic E-state index is 13.2. The minimum Gasteiger partial charge on any atom is -0.394 e. The fourth-order valence-corrected chi connectivity index (χ4v) is 2.69. The Kier molecular flexibility index (Phi) is 5.70. The second-order valence-electron chi connectivity index (χ2n) is 6.48. The van der Waals surface area contributed by atoms with Crippen molar-refractivity contribution in [2.45, 2.75) is 19.9 Å². The van der Waals surface area contributed by atoms with E-state index in [4.69, 9.17) is 9.63 Å². The van der Waals surface area contributed by atoms with Gasteiger partial charge in [-0.1, -0.05) is 5.16 Å². The lowest BCUT2D eigenvalue weighted by Gasteiger charge is -2.10. The van der Waals surface area contributed by atoms with Crippen LogP contribution in [0.5, 0.6) is 0 Å².